The number of aliphatic hydroxyl groups is 1. The third-order valence-electron chi connectivity index (χ3n) is 7.06. The van der Waals surface area contributed by atoms with E-state index in [1.807, 2.05) is 38.1 Å². The van der Waals surface area contributed by atoms with Crippen LogP contribution in [0.2, 0.25) is 0 Å². The number of hydrogen-bond donors (Lipinski definition) is 1. The first-order chi connectivity index (χ1) is 19.2. The summed E-state index contributed by atoms with van der Waals surface area (Å²) in [6.45, 7) is 8.15. The van der Waals surface area contributed by atoms with Crippen molar-refractivity contribution in [3.63, 3.8) is 0 Å². The van der Waals surface area contributed by atoms with E-state index >= 15 is 0 Å². The summed E-state index contributed by atoms with van der Waals surface area (Å²) >= 11 is 0. The van der Waals surface area contributed by atoms with Gasteiger partial charge in [-0.3, -0.25) is 9.59 Å². The second kappa shape index (κ2) is 14.7. The molecule has 1 unspecified atom stereocenters. The zero-order chi connectivity index (χ0) is 29.2. The van der Waals surface area contributed by atoms with Crippen LogP contribution in [0, 0.1) is 6.92 Å². The Hall–Kier alpha value is -3.52. The van der Waals surface area contributed by atoms with Gasteiger partial charge in [-0.2, -0.15) is 0 Å². The number of Topliss-reactive ketones (excluding diaryl/α,β-unsaturated/α-hetero) is 1. The Kier molecular flexibility index (Phi) is 11.4. The molecule has 218 valence electrons. The quantitative estimate of drug-likeness (QED) is 0.131. The van der Waals surface area contributed by atoms with Crippen LogP contribution in [0.1, 0.15) is 68.7 Å². The standard InChI is InChI=1S/C32H44N2O6/c1-7-9-11-19-40-26-15-12-23(21-27(26)38-6)29-28(31(36)32(37)34(29)17-16-33(4)5)30(35)25-14-13-24(20-22(25)3)39-18-10-8-2/h12-15,20-21,29,35H,7-11,16-19H2,1-6H3/b30-28+. The second-order valence-corrected chi connectivity index (χ2v) is 10.4. The van der Waals surface area contributed by atoms with Crippen LogP contribution >= 0.6 is 0 Å². The monoisotopic (exact) mass is 552 g/mol. The summed E-state index contributed by atoms with van der Waals surface area (Å²) in [4.78, 5) is 30.2. The third-order valence-corrected chi connectivity index (χ3v) is 7.06. The number of ketones is 1. The third kappa shape index (κ3) is 7.36. The number of nitrogens with zero attached hydrogens (tertiary/aromatic N) is 2. The summed E-state index contributed by atoms with van der Waals surface area (Å²) in [5.41, 5.74) is 1.96. The molecule has 0 radical (unpaired) electrons. The first kappa shape index (κ1) is 31.0. The summed E-state index contributed by atoms with van der Waals surface area (Å²) in [5, 5.41) is 11.5. The number of unbranched alkanes of at least 4 members (excludes halogenated alkanes) is 3. The van der Waals surface area contributed by atoms with Crippen LogP contribution < -0.4 is 14.2 Å². The molecule has 1 atom stereocenters. The van der Waals surface area contributed by atoms with E-state index in [0.717, 1.165) is 37.7 Å². The summed E-state index contributed by atoms with van der Waals surface area (Å²) in [7, 11) is 5.38. The molecule has 2 aromatic rings. The largest absolute Gasteiger partial charge is 0.507 e. The van der Waals surface area contributed by atoms with Crippen molar-refractivity contribution in [2.24, 2.45) is 0 Å². The van der Waals surface area contributed by atoms with Crippen molar-refractivity contribution in [1.29, 1.82) is 0 Å². The number of likely N-dealkylation sites (N-methyl/N-ethyl adjacent to an activating group) is 1. The normalized spacial score (nSPS) is 16.6. The molecule has 0 bridgehead atoms. The molecule has 0 spiro atoms. The number of carbonyl (C=O) groups excluding carboxylic acids is 2. The molecule has 3 rings (SSSR count). The number of ether oxygens (including phenoxy) is 3. The maximum Gasteiger partial charge on any atom is 0.295 e. The van der Waals surface area contributed by atoms with Crippen molar-refractivity contribution < 1.29 is 28.9 Å². The maximum atomic E-state index is 13.4. The zero-order valence-electron chi connectivity index (χ0n) is 24.8. The van der Waals surface area contributed by atoms with Gasteiger partial charge in [0.15, 0.2) is 11.5 Å². The van der Waals surface area contributed by atoms with E-state index in [2.05, 4.69) is 13.8 Å². The van der Waals surface area contributed by atoms with Gasteiger partial charge in [-0.1, -0.05) is 39.2 Å². The topological polar surface area (TPSA) is 88.5 Å². The fraction of sp³-hybridized carbons (Fsp3) is 0.500. The van der Waals surface area contributed by atoms with Gasteiger partial charge in [0.25, 0.3) is 11.7 Å². The van der Waals surface area contributed by atoms with E-state index in [9.17, 15) is 14.7 Å². The second-order valence-electron chi connectivity index (χ2n) is 10.4. The lowest BCUT2D eigenvalue weighted by Gasteiger charge is -2.27. The molecule has 1 aliphatic rings. The Morgan fingerprint density at radius 1 is 0.950 bits per heavy atom. The minimum atomic E-state index is -0.775. The Bertz CT molecular complexity index is 1210. The smallest absolute Gasteiger partial charge is 0.295 e. The molecule has 8 heteroatoms. The molecule has 0 aliphatic carbocycles. The first-order valence-electron chi connectivity index (χ1n) is 14.2. The van der Waals surface area contributed by atoms with E-state index < -0.39 is 17.7 Å². The number of likely N-dealkylation sites (tertiary alicyclic amines) is 1. The highest BCUT2D eigenvalue weighted by Crippen LogP contribution is 2.42. The molecule has 0 saturated carbocycles. The van der Waals surface area contributed by atoms with Crippen molar-refractivity contribution in [2.45, 2.75) is 58.9 Å². The number of methoxy groups -OCH3 is 1. The summed E-state index contributed by atoms with van der Waals surface area (Å²) in [6, 6.07) is 10.0. The van der Waals surface area contributed by atoms with Crippen LogP contribution in [-0.2, 0) is 9.59 Å². The molecule has 8 nitrogen and oxygen atoms in total. The number of benzene rings is 2. The van der Waals surface area contributed by atoms with Crippen LogP contribution in [0.25, 0.3) is 5.76 Å². The van der Waals surface area contributed by atoms with Crippen LogP contribution in [0.4, 0.5) is 0 Å². The number of aryl methyl sites for hydroxylation is 1. The lowest BCUT2D eigenvalue weighted by Crippen LogP contribution is -2.35. The molecular formula is C32H44N2O6. The van der Waals surface area contributed by atoms with Gasteiger partial charge in [-0.15, -0.1) is 0 Å². The van der Waals surface area contributed by atoms with Gasteiger partial charge >= 0.3 is 0 Å². The Labute approximate surface area is 238 Å². The molecule has 1 fully saturated rings. The first-order valence-corrected chi connectivity index (χ1v) is 14.2. The average Bonchev–Trinajstić information content (AvgIpc) is 3.19. The minimum absolute atomic E-state index is 0.0603. The number of hydrogen-bond acceptors (Lipinski definition) is 7. The molecule has 1 aliphatic heterocycles. The van der Waals surface area contributed by atoms with Crippen molar-refractivity contribution >= 4 is 17.4 Å². The Balaban J connectivity index is 2.05. The summed E-state index contributed by atoms with van der Waals surface area (Å²) < 4.78 is 17.4. The van der Waals surface area contributed by atoms with Gasteiger partial charge in [0.05, 0.1) is 31.9 Å². The van der Waals surface area contributed by atoms with Crippen LogP contribution in [0.3, 0.4) is 0 Å². The van der Waals surface area contributed by atoms with Crippen LogP contribution in [0.15, 0.2) is 42.0 Å². The molecule has 2 aromatic carbocycles. The van der Waals surface area contributed by atoms with E-state index in [-0.39, 0.29) is 11.3 Å². The predicted octanol–water partition coefficient (Wildman–Crippen LogP) is 5.73. The lowest BCUT2D eigenvalue weighted by molar-refractivity contribution is -0.140. The maximum absolute atomic E-state index is 13.4. The molecule has 1 amide bonds. The molecule has 1 saturated heterocycles. The highest BCUT2D eigenvalue weighted by atomic mass is 16.5. The lowest BCUT2D eigenvalue weighted by atomic mass is 9.93. The van der Waals surface area contributed by atoms with Crippen molar-refractivity contribution in [3.05, 3.63) is 58.7 Å². The Morgan fingerprint density at radius 3 is 2.33 bits per heavy atom. The fourth-order valence-corrected chi connectivity index (χ4v) is 4.74. The fourth-order valence-electron chi connectivity index (χ4n) is 4.74. The van der Waals surface area contributed by atoms with Gasteiger partial charge in [-0.05, 0) is 75.3 Å². The molecule has 1 heterocycles. The minimum Gasteiger partial charge on any atom is -0.507 e. The number of carbonyl (C=O) groups is 2. The molecule has 40 heavy (non-hydrogen) atoms. The van der Waals surface area contributed by atoms with Crippen molar-refractivity contribution in [3.8, 4) is 17.2 Å². The van der Waals surface area contributed by atoms with Crippen LogP contribution in [0.5, 0.6) is 17.2 Å². The van der Waals surface area contributed by atoms with E-state index in [1.165, 1.54) is 4.90 Å². The molecule has 0 aromatic heterocycles. The number of aliphatic hydroxyl groups excluding tert-OH is 1. The average molecular weight is 553 g/mol. The summed E-state index contributed by atoms with van der Waals surface area (Å²) in [6.07, 6.45) is 5.09. The SMILES string of the molecule is CCCCCOc1ccc(C2/C(=C(\O)c3ccc(OCCCC)cc3C)C(=O)C(=O)N2CCN(C)C)cc1OC. The number of amides is 1. The Morgan fingerprint density at radius 2 is 1.68 bits per heavy atom. The van der Waals surface area contributed by atoms with Gasteiger partial charge in [0.1, 0.15) is 11.5 Å². The highest BCUT2D eigenvalue weighted by molar-refractivity contribution is 6.46. The van der Waals surface area contributed by atoms with Gasteiger partial charge in [0, 0.05) is 18.7 Å². The number of rotatable bonds is 15. The molecular weight excluding hydrogens is 508 g/mol. The predicted molar refractivity (Wildman–Crippen MR) is 157 cm³/mol. The van der Waals surface area contributed by atoms with Gasteiger partial charge < -0.3 is 29.1 Å². The van der Waals surface area contributed by atoms with E-state index in [0.29, 0.717) is 54.7 Å². The summed E-state index contributed by atoms with van der Waals surface area (Å²) in [5.74, 6) is 0.267. The van der Waals surface area contributed by atoms with Crippen molar-refractivity contribution in [1.82, 2.24) is 9.80 Å². The molecule has 1 N–H and O–H groups in total. The van der Waals surface area contributed by atoms with Crippen LogP contribution in [-0.4, -0.2) is 74.1 Å². The van der Waals surface area contributed by atoms with Gasteiger partial charge in [-0.25, -0.2) is 0 Å². The van der Waals surface area contributed by atoms with E-state index in [1.54, 1.807) is 31.4 Å². The zero-order valence-corrected chi connectivity index (χ0v) is 24.8. The van der Waals surface area contributed by atoms with E-state index in [4.69, 9.17) is 14.2 Å². The highest BCUT2D eigenvalue weighted by Gasteiger charge is 2.46. The van der Waals surface area contributed by atoms with Crippen molar-refractivity contribution in [2.75, 3.05) is 47.5 Å². The van der Waals surface area contributed by atoms with Gasteiger partial charge in [0.2, 0.25) is 0 Å².